The van der Waals surface area contributed by atoms with Gasteiger partial charge in [-0.05, 0) is 54.0 Å². The van der Waals surface area contributed by atoms with Crippen LogP contribution in [0.25, 0.3) is 17.1 Å². The van der Waals surface area contributed by atoms with Crippen molar-refractivity contribution in [2.75, 3.05) is 5.75 Å². The Labute approximate surface area is 166 Å². The van der Waals surface area contributed by atoms with Crippen LogP contribution in [0.1, 0.15) is 23.4 Å². The molecule has 0 bridgehead atoms. The number of aromatic nitrogens is 7. The minimum absolute atomic E-state index is 0.587. The number of hydrogen-bond donors (Lipinski definition) is 0. The Kier molecular flexibility index (Phi) is 5.43. The van der Waals surface area contributed by atoms with Crippen LogP contribution in [0.5, 0.6) is 0 Å². The summed E-state index contributed by atoms with van der Waals surface area (Å²) < 4.78 is 7.15. The first-order valence-corrected chi connectivity index (χ1v) is 9.91. The number of para-hydroxylation sites is 1. The predicted molar refractivity (Wildman–Crippen MR) is 105 cm³/mol. The van der Waals surface area contributed by atoms with E-state index in [-0.39, 0.29) is 0 Å². The highest BCUT2D eigenvalue weighted by molar-refractivity contribution is 7.99. The lowest BCUT2D eigenvalue weighted by Crippen LogP contribution is -2.04. The summed E-state index contributed by atoms with van der Waals surface area (Å²) in [5, 5.41) is 17.0. The maximum Gasteiger partial charge on any atom is 0.226 e. The van der Waals surface area contributed by atoms with Gasteiger partial charge < -0.3 is 4.52 Å². The second-order valence-corrected chi connectivity index (χ2v) is 7.38. The Bertz CT molecular complexity index is 1040. The third-order valence-corrected chi connectivity index (χ3v) is 5.27. The van der Waals surface area contributed by atoms with E-state index >= 15 is 0 Å². The lowest BCUT2D eigenvalue weighted by atomic mass is 10.1. The molecule has 0 unspecified atom stereocenters. The van der Waals surface area contributed by atoms with E-state index < -0.39 is 0 Å². The average molecular weight is 393 g/mol. The minimum Gasteiger partial charge on any atom is -0.339 e. The van der Waals surface area contributed by atoms with Gasteiger partial charge in [0.2, 0.25) is 16.9 Å². The van der Waals surface area contributed by atoms with E-state index in [1.807, 2.05) is 22.9 Å². The monoisotopic (exact) mass is 393 g/mol. The van der Waals surface area contributed by atoms with Gasteiger partial charge in [-0.25, -0.2) is 0 Å². The SMILES string of the molecule is Cc1cccc(C)c1-n1nnnc1SCCCc1nc(-c2ccncc2)no1. The molecule has 0 atom stereocenters. The van der Waals surface area contributed by atoms with Crippen LogP contribution in [0.3, 0.4) is 0 Å². The first-order valence-electron chi connectivity index (χ1n) is 8.93. The quantitative estimate of drug-likeness (QED) is 0.348. The van der Waals surface area contributed by atoms with Crippen molar-refractivity contribution < 1.29 is 4.52 Å². The van der Waals surface area contributed by atoms with Crippen molar-refractivity contribution in [2.24, 2.45) is 0 Å². The zero-order valence-electron chi connectivity index (χ0n) is 15.6. The summed E-state index contributed by atoms with van der Waals surface area (Å²) in [5.74, 6) is 2.06. The van der Waals surface area contributed by atoms with Crippen molar-refractivity contribution >= 4 is 11.8 Å². The molecule has 3 aromatic heterocycles. The lowest BCUT2D eigenvalue weighted by Gasteiger charge is -2.10. The van der Waals surface area contributed by atoms with E-state index in [2.05, 4.69) is 56.6 Å². The predicted octanol–water partition coefficient (Wildman–Crippen LogP) is 3.45. The highest BCUT2D eigenvalue weighted by Crippen LogP contribution is 2.24. The van der Waals surface area contributed by atoms with Crippen LogP contribution in [0.4, 0.5) is 0 Å². The Balaban J connectivity index is 1.36. The Morgan fingerprint density at radius 1 is 1.07 bits per heavy atom. The number of aryl methyl sites for hydroxylation is 3. The molecular formula is C19H19N7OS. The second kappa shape index (κ2) is 8.30. The van der Waals surface area contributed by atoms with Crippen molar-refractivity contribution in [3.8, 4) is 17.1 Å². The Morgan fingerprint density at radius 2 is 1.86 bits per heavy atom. The van der Waals surface area contributed by atoms with Crippen LogP contribution in [0, 0.1) is 13.8 Å². The molecule has 0 radical (unpaired) electrons. The number of benzene rings is 1. The summed E-state index contributed by atoms with van der Waals surface area (Å²) in [6, 6.07) is 9.88. The molecule has 0 saturated carbocycles. The first kappa shape index (κ1) is 18.3. The maximum atomic E-state index is 5.34. The van der Waals surface area contributed by atoms with E-state index in [0.717, 1.165) is 39.7 Å². The summed E-state index contributed by atoms with van der Waals surface area (Å²) in [6.07, 6.45) is 5.00. The normalized spacial score (nSPS) is 11.1. The molecule has 4 aromatic rings. The number of nitrogens with zero attached hydrogens (tertiary/aromatic N) is 7. The number of rotatable bonds is 7. The minimum atomic E-state index is 0.587. The van der Waals surface area contributed by atoms with Crippen LogP contribution in [0.2, 0.25) is 0 Å². The first-order chi connectivity index (χ1) is 13.7. The van der Waals surface area contributed by atoms with Gasteiger partial charge in [0.1, 0.15) is 0 Å². The van der Waals surface area contributed by atoms with Crippen LogP contribution < -0.4 is 0 Å². The molecule has 8 nitrogen and oxygen atoms in total. The van der Waals surface area contributed by atoms with Gasteiger partial charge >= 0.3 is 0 Å². The number of pyridine rings is 1. The van der Waals surface area contributed by atoms with Gasteiger partial charge in [-0.1, -0.05) is 35.1 Å². The molecule has 9 heteroatoms. The fraction of sp³-hybridized carbons (Fsp3) is 0.263. The van der Waals surface area contributed by atoms with Gasteiger partial charge in [0, 0.05) is 30.1 Å². The molecule has 0 spiro atoms. The summed E-state index contributed by atoms with van der Waals surface area (Å²) in [4.78, 5) is 8.44. The molecule has 0 aliphatic carbocycles. The highest BCUT2D eigenvalue weighted by Gasteiger charge is 2.14. The molecule has 0 amide bonds. The zero-order chi connectivity index (χ0) is 19.3. The molecule has 0 saturated heterocycles. The molecule has 28 heavy (non-hydrogen) atoms. The van der Waals surface area contributed by atoms with Gasteiger partial charge in [0.25, 0.3) is 0 Å². The smallest absolute Gasteiger partial charge is 0.226 e. The fourth-order valence-corrected chi connectivity index (χ4v) is 3.73. The largest absolute Gasteiger partial charge is 0.339 e. The van der Waals surface area contributed by atoms with E-state index in [0.29, 0.717) is 18.1 Å². The van der Waals surface area contributed by atoms with Gasteiger partial charge in [0.05, 0.1) is 5.69 Å². The molecule has 0 fully saturated rings. The highest BCUT2D eigenvalue weighted by atomic mass is 32.2. The van der Waals surface area contributed by atoms with E-state index in [1.54, 1.807) is 24.2 Å². The Morgan fingerprint density at radius 3 is 2.64 bits per heavy atom. The number of thioether (sulfide) groups is 1. The molecule has 3 heterocycles. The molecular weight excluding hydrogens is 374 g/mol. The summed E-state index contributed by atoms with van der Waals surface area (Å²) >= 11 is 1.62. The van der Waals surface area contributed by atoms with Gasteiger partial charge in [0.15, 0.2) is 0 Å². The average Bonchev–Trinajstić information content (AvgIpc) is 3.36. The van der Waals surface area contributed by atoms with Gasteiger partial charge in [-0.3, -0.25) is 4.98 Å². The zero-order valence-corrected chi connectivity index (χ0v) is 16.4. The van der Waals surface area contributed by atoms with Crippen LogP contribution >= 0.6 is 11.8 Å². The molecule has 4 rings (SSSR count). The lowest BCUT2D eigenvalue weighted by molar-refractivity contribution is 0.378. The van der Waals surface area contributed by atoms with Crippen molar-refractivity contribution in [3.63, 3.8) is 0 Å². The van der Waals surface area contributed by atoms with Crippen molar-refractivity contribution in [3.05, 3.63) is 59.7 Å². The molecule has 0 N–H and O–H groups in total. The topological polar surface area (TPSA) is 95.4 Å². The second-order valence-electron chi connectivity index (χ2n) is 6.31. The van der Waals surface area contributed by atoms with Gasteiger partial charge in [-0.15, -0.1) is 5.10 Å². The maximum absolute atomic E-state index is 5.34. The fourth-order valence-electron chi connectivity index (χ4n) is 2.91. The third-order valence-electron chi connectivity index (χ3n) is 4.26. The Hall–Kier alpha value is -3.07. The van der Waals surface area contributed by atoms with Crippen molar-refractivity contribution in [1.29, 1.82) is 0 Å². The molecule has 0 aliphatic heterocycles. The van der Waals surface area contributed by atoms with E-state index in [1.165, 1.54) is 0 Å². The van der Waals surface area contributed by atoms with Crippen molar-refractivity contribution in [1.82, 2.24) is 35.3 Å². The number of tetrazole rings is 1. The molecule has 1 aromatic carbocycles. The summed E-state index contributed by atoms with van der Waals surface area (Å²) in [7, 11) is 0. The third kappa shape index (κ3) is 3.94. The van der Waals surface area contributed by atoms with Crippen molar-refractivity contribution in [2.45, 2.75) is 31.8 Å². The van der Waals surface area contributed by atoms with Crippen LogP contribution in [0.15, 0.2) is 52.4 Å². The van der Waals surface area contributed by atoms with Crippen LogP contribution in [-0.2, 0) is 6.42 Å². The molecule has 0 aliphatic rings. The molecule has 142 valence electrons. The van der Waals surface area contributed by atoms with Gasteiger partial charge in [-0.2, -0.15) is 9.67 Å². The summed E-state index contributed by atoms with van der Waals surface area (Å²) in [5.41, 5.74) is 4.22. The number of hydrogen-bond acceptors (Lipinski definition) is 8. The van der Waals surface area contributed by atoms with E-state index in [4.69, 9.17) is 4.52 Å². The standard InChI is InChI=1S/C19H19N7OS/c1-13-5-3-6-14(2)17(13)26-19(22-24-25-26)28-12-4-7-16-21-18(23-27-16)15-8-10-20-11-9-15/h3,5-6,8-11H,4,7,12H2,1-2H3. The van der Waals surface area contributed by atoms with Crippen LogP contribution in [-0.4, -0.2) is 41.1 Å². The van der Waals surface area contributed by atoms with E-state index in [9.17, 15) is 0 Å². The summed E-state index contributed by atoms with van der Waals surface area (Å²) in [6.45, 7) is 4.13.